The van der Waals surface area contributed by atoms with Crippen LogP contribution in [0.5, 0.6) is 0 Å². The number of para-hydroxylation sites is 2. The van der Waals surface area contributed by atoms with Gasteiger partial charge < -0.3 is 4.98 Å². The number of hydrogen-bond donors (Lipinski definition) is 2. The molecule has 0 bridgehead atoms. The van der Waals surface area contributed by atoms with Crippen molar-refractivity contribution in [3.8, 4) is 0 Å². The molecule has 1 unspecified atom stereocenters. The van der Waals surface area contributed by atoms with Gasteiger partial charge in [-0.1, -0.05) is 37.7 Å². The molecule has 2 aromatic rings. The Hall–Kier alpha value is -0.610. The highest BCUT2D eigenvalue weighted by molar-refractivity contribution is 7.99. The van der Waals surface area contributed by atoms with Crippen molar-refractivity contribution in [3.05, 3.63) is 24.3 Å². The quantitative estimate of drug-likeness (QED) is 0.635. The number of aromatic amines is 1. The molecule has 17 heavy (non-hydrogen) atoms. The second kappa shape index (κ2) is 5.83. The van der Waals surface area contributed by atoms with Gasteiger partial charge >= 0.3 is 0 Å². The summed E-state index contributed by atoms with van der Waals surface area (Å²) >= 11 is 6.20. The molecule has 0 spiro atoms. The number of nitrogens with one attached hydrogen (secondary N) is 1. The number of benzene rings is 1. The highest BCUT2D eigenvalue weighted by atomic mass is 32.2. The lowest BCUT2D eigenvalue weighted by Gasteiger charge is -2.16. The molecule has 0 aliphatic rings. The van der Waals surface area contributed by atoms with Crippen molar-refractivity contribution >= 4 is 35.4 Å². The maximum absolute atomic E-state index is 4.56. The number of thiol groups is 1. The van der Waals surface area contributed by atoms with Crippen LogP contribution in [0.15, 0.2) is 29.4 Å². The van der Waals surface area contributed by atoms with E-state index in [4.69, 9.17) is 0 Å². The summed E-state index contributed by atoms with van der Waals surface area (Å²) in [7, 11) is 0. The molecule has 1 heterocycles. The maximum atomic E-state index is 4.56. The fraction of sp³-hybridized carbons (Fsp3) is 0.462. The summed E-state index contributed by atoms with van der Waals surface area (Å²) in [5.41, 5.74) is 2.16. The normalized spacial score (nSPS) is 13.4. The lowest BCUT2D eigenvalue weighted by atomic mass is 10.0. The van der Waals surface area contributed by atoms with Crippen molar-refractivity contribution in [3.63, 3.8) is 0 Å². The fourth-order valence-corrected chi connectivity index (χ4v) is 3.58. The summed E-state index contributed by atoms with van der Waals surface area (Å²) in [4.78, 5) is 7.90. The van der Waals surface area contributed by atoms with Crippen LogP contribution >= 0.6 is 24.4 Å². The van der Waals surface area contributed by atoms with Crippen LogP contribution in [0.1, 0.15) is 13.8 Å². The van der Waals surface area contributed by atoms with E-state index in [0.717, 1.165) is 27.7 Å². The number of rotatable bonds is 5. The van der Waals surface area contributed by atoms with Crippen LogP contribution in [-0.2, 0) is 0 Å². The third-order valence-corrected chi connectivity index (χ3v) is 4.51. The first-order chi connectivity index (χ1) is 8.20. The predicted octanol–water partition coefficient (Wildman–Crippen LogP) is 3.86. The third kappa shape index (κ3) is 3.19. The topological polar surface area (TPSA) is 28.7 Å². The zero-order valence-corrected chi connectivity index (χ0v) is 11.9. The number of thioether (sulfide) groups is 1. The van der Waals surface area contributed by atoms with Gasteiger partial charge in [0.2, 0.25) is 0 Å². The summed E-state index contributed by atoms with van der Waals surface area (Å²) < 4.78 is 0. The summed E-state index contributed by atoms with van der Waals surface area (Å²) in [6.45, 7) is 4.50. The first kappa shape index (κ1) is 12.8. The third-order valence-electron chi connectivity index (χ3n) is 2.98. The number of H-pyrrole nitrogens is 1. The van der Waals surface area contributed by atoms with Crippen molar-refractivity contribution in [1.82, 2.24) is 9.97 Å². The Morgan fingerprint density at radius 1 is 1.35 bits per heavy atom. The SMILES string of the molecule is CC(C)C(CS)CSc1nc2ccccc2[nH]1. The van der Waals surface area contributed by atoms with E-state index in [2.05, 4.69) is 42.5 Å². The number of fused-ring (bicyclic) bond motifs is 1. The van der Waals surface area contributed by atoms with Crippen molar-refractivity contribution in [2.75, 3.05) is 11.5 Å². The standard InChI is InChI=1S/C13H18N2S2/c1-9(2)10(7-16)8-17-13-14-11-5-3-4-6-12(11)15-13/h3-6,9-10,16H,7-8H2,1-2H3,(H,14,15). The van der Waals surface area contributed by atoms with Crippen LogP contribution in [0.4, 0.5) is 0 Å². The summed E-state index contributed by atoms with van der Waals surface area (Å²) in [5.74, 6) is 3.31. The molecule has 0 aliphatic carbocycles. The van der Waals surface area contributed by atoms with Crippen LogP contribution in [-0.4, -0.2) is 21.5 Å². The van der Waals surface area contributed by atoms with E-state index in [0.29, 0.717) is 11.8 Å². The van der Waals surface area contributed by atoms with Crippen LogP contribution < -0.4 is 0 Å². The summed E-state index contributed by atoms with van der Waals surface area (Å²) in [6.07, 6.45) is 0. The first-order valence-corrected chi connectivity index (χ1v) is 7.51. The van der Waals surface area contributed by atoms with Gasteiger partial charge in [0.25, 0.3) is 0 Å². The summed E-state index contributed by atoms with van der Waals surface area (Å²) in [6, 6.07) is 8.14. The van der Waals surface area contributed by atoms with E-state index >= 15 is 0 Å². The molecule has 0 fully saturated rings. The molecule has 1 atom stereocenters. The van der Waals surface area contributed by atoms with Gasteiger partial charge in [-0.3, -0.25) is 0 Å². The molecule has 0 saturated heterocycles. The van der Waals surface area contributed by atoms with Crippen LogP contribution in [0.3, 0.4) is 0 Å². The van der Waals surface area contributed by atoms with Gasteiger partial charge in [0.1, 0.15) is 0 Å². The largest absolute Gasteiger partial charge is 0.333 e. The first-order valence-electron chi connectivity index (χ1n) is 5.89. The van der Waals surface area contributed by atoms with Crippen LogP contribution in [0.2, 0.25) is 0 Å². The van der Waals surface area contributed by atoms with Crippen LogP contribution in [0.25, 0.3) is 11.0 Å². The van der Waals surface area contributed by atoms with Gasteiger partial charge in [0, 0.05) is 5.75 Å². The Kier molecular flexibility index (Phi) is 4.40. The minimum absolute atomic E-state index is 0.636. The van der Waals surface area contributed by atoms with Gasteiger partial charge in [-0.25, -0.2) is 4.98 Å². The highest BCUT2D eigenvalue weighted by Crippen LogP contribution is 2.24. The monoisotopic (exact) mass is 266 g/mol. The minimum Gasteiger partial charge on any atom is -0.333 e. The average Bonchev–Trinajstić information content (AvgIpc) is 2.71. The van der Waals surface area contributed by atoms with E-state index in [1.807, 2.05) is 18.2 Å². The zero-order chi connectivity index (χ0) is 12.3. The Morgan fingerprint density at radius 2 is 2.12 bits per heavy atom. The van der Waals surface area contributed by atoms with E-state index in [-0.39, 0.29) is 0 Å². The number of hydrogen-bond acceptors (Lipinski definition) is 3. The summed E-state index contributed by atoms with van der Waals surface area (Å²) in [5, 5.41) is 1.01. The molecule has 2 rings (SSSR count). The molecule has 1 aromatic heterocycles. The van der Waals surface area contributed by atoms with Crippen molar-refractivity contribution < 1.29 is 0 Å². The van der Waals surface area contributed by atoms with E-state index in [1.165, 1.54) is 0 Å². The minimum atomic E-state index is 0.636. The molecule has 0 saturated carbocycles. The molecule has 0 radical (unpaired) electrons. The lowest BCUT2D eigenvalue weighted by molar-refractivity contribution is 0.473. The zero-order valence-electron chi connectivity index (χ0n) is 10.2. The van der Waals surface area contributed by atoms with Crippen LogP contribution in [0, 0.1) is 11.8 Å². The average molecular weight is 266 g/mol. The number of nitrogens with zero attached hydrogens (tertiary/aromatic N) is 1. The molecule has 0 aliphatic heterocycles. The predicted molar refractivity (Wildman–Crippen MR) is 79.0 cm³/mol. The van der Waals surface area contributed by atoms with E-state index < -0.39 is 0 Å². The highest BCUT2D eigenvalue weighted by Gasteiger charge is 2.13. The fourth-order valence-electron chi connectivity index (χ4n) is 1.64. The number of aromatic nitrogens is 2. The van der Waals surface area contributed by atoms with Gasteiger partial charge in [-0.15, -0.1) is 0 Å². The molecule has 1 N–H and O–H groups in total. The Labute approximate surface area is 112 Å². The van der Waals surface area contributed by atoms with Gasteiger partial charge in [0.05, 0.1) is 11.0 Å². The second-order valence-corrected chi connectivity index (χ2v) is 5.93. The molecule has 1 aromatic carbocycles. The van der Waals surface area contributed by atoms with Gasteiger partial charge in [-0.2, -0.15) is 12.6 Å². The molecule has 0 amide bonds. The molecule has 2 nitrogen and oxygen atoms in total. The second-order valence-electron chi connectivity index (χ2n) is 4.56. The molecular weight excluding hydrogens is 248 g/mol. The van der Waals surface area contributed by atoms with E-state index in [9.17, 15) is 0 Å². The molecule has 92 valence electrons. The van der Waals surface area contributed by atoms with Gasteiger partial charge in [-0.05, 0) is 29.7 Å². The Bertz CT molecular complexity index is 446. The Balaban J connectivity index is 2.03. The molecular formula is C13H18N2S2. The van der Waals surface area contributed by atoms with Crippen molar-refractivity contribution in [2.45, 2.75) is 19.0 Å². The van der Waals surface area contributed by atoms with Crippen molar-refractivity contribution in [2.24, 2.45) is 11.8 Å². The Morgan fingerprint density at radius 3 is 2.76 bits per heavy atom. The van der Waals surface area contributed by atoms with Crippen molar-refractivity contribution in [1.29, 1.82) is 0 Å². The maximum Gasteiger partial charge on any atom is 0.166 e. The smallest absolute Gasteiger partial charge is 0.166 e. The van der Waals surface area contributed by atoms with Gasteiger partial charge in [0.15, 0.2) is 5.16 Å². The van der Waals surface area contributed by atoms with E-state index in [1.54, 1.807) is 11.8 Å². The lowest BCUT2D eigenvalue weighted by Crippen LogP contribution is -2.13. The molecule has 4 heteroatoms. The number of imidazole rings is 1.